The molecule has 13 aromatic rings. The lowest BCUT2D eigenvalue weighted by Gasteiger charge is -2.28. The van der Waals surface area contributed by atoms with Crippen molar-refractivity contribution in [3.8, 4) is 0 Å². The summed E-state index contributed by atoms with van der Waals surface area (Å²) >= 11 is 13.2. The fraction of sp³-hybridized carbons (Fsp3) is 0.365. The standard InChI is InChI=1S/C24H26N4O.C21H25N3O2.C20H21Cl2N3.C20H24N4O/c1-16-6-7-21-19(11-16)20-14-27(3)10-8-22(20)28(21)15-24(2,29)18-12-17-5-4-9-25-23(17)26-13-18;1-14-4-5-18-16(10-14)17-12-23(3)9-7-19(17)24(18)13-21(2,26)15-6-8-22-20(25)11-15;1-13(14-4-3-8-23-10-14)11-25-18-7-9-24(2)12-15(18)19-16(21)5-6-17(22)20(19)25;1-14-4-5-18-16(10-14)17-12-23(3)9-7-19(17)24(18)13-20(2,25)15-6-8-21-22-11-15/h4-7,9,11-13,29H,8,10,14-15H2,1-3H3;4-6,8,10-11,26H,7,9,12-13H2,1-3H3,(H,22,25);3-6,8,10,13H,7,9,11-12H2,1-2H3;4-6,8,10-11,25H,7,9,12-13H2,1-3H3. The Morgan fingerprint density at radius 2 is 0.981 bits per heavy atom. The fourth-order valence-electron chi connectivity index (χ4n) is 16.4. The molecule has 0 spiro atoms. The molecule has 13 heterocycles. The Morgan fingerprint density at radius 3 is 1.48 bits per heavy atom. The zero-order valence-electron chi connectivity index (χ0n) is 62.2. The first-order valence-corrected chi connectivity index (χ1v) is 37.3. The number of likely N-dealkylation sites (N-methyl/N-ethyl adjacent to an activating group) is 4. The van der Waals surface area contributed by atoms with E-state index >= 15 is 0 Å². The second-order valence-corrected chi connectivity index (χ2v) is 31.5. The van der Waals surface area contributed by atoms with E-state index in [4.69, 9.17) is 23.2 Å². The second kappa shape index (κ2) is 29.8. The molecule has 4 atom stereocenters. The van der Waals surface area contributed by atoms with Crippen molar-refractivity contribution in [3.63, 3.8) is 0 Å². The number of nitrogens with zero attached hydrogens (tertiary/aromatic N) is 13. The molecular formula is C85H96Cl2N14O4. The Balaban J connectivity index is 0.000000118. The van der Waals surface area contributed by atoms with Gasteiger partial charge in [-0.15, -0.1) is 0 Å². The van der Waals surface area contributed by atoms with Crippen molar-refractivity contribution in [2.75, 3.05) is 54.4 Å². The normalized spacial score (nSPS) is 16.9. The number of rotatable bonds is 12. The quantitative estimate of drug-likeness (QED) is 0.0905. The largest absolute Gasteiger partial charge is 0.384 e. The van der Waals surface area contributed by atoms with Crippen molar-refractivity contribution in [3.05, 3.63) is 263 Å². The number of aryl methyl sites for hydroxylation is 3. The number of aromatic nitrogens is 10. The number of hydrogen-bond donors (Lipinski definition) is 4. The van der Waals surface area contributed by atoms with Crippen LogP contribution in [0.4, 0.5) is 0 Å². The molecule has 18 nitrogen and oxygen atoms in total. The first kappa shape index (κ1) is 73.0. The van der Waals surface area contributed by atoms with E-state index in [0.29, 0.717) is 36.8 Å². The van der Waals surface area contributed by atoms with Gasteiger partial charge in [0.25, 0.3) is 0 Å². The van der Waals surface area contributed by atoms with Gasteiger partial charge in [-0.3, -0.25) is 9.78 Å². The summed E-state index contributed by atoms with van der Waals surface area (Å²) < 4.78 is 9.27. The molecule has 4 unspecified atom stereocenters. The number of aliphatic hydroxyl groups is 3. The number of benzene rings is 4. The summed E-state index contributed by atoms with van der Waals surface area (Å²) in [6.45, 7) is 24.4. The molecule has 4 N–H and O–H groups in total. The Kier molecular flexibility index (Phi) is 20.7. The van der Waals surface area contributed by atoms with Gasteiger partial charge in [-0.1, -0.05) is 71.1 Å². The highest BCUT2D eigenvalue weighted by atomic mass is 35.5. The third-order valence-corrected chi connectivity index (χ3v) is 22.7. The molecule has 9 aromatic heterocycles. The van der Waals surface area contributed by atoms with Crippen LogP contribution >= 0.6 is 23.2 Å². The third kappa shape index (κ3) is 15.0. The number of hydrogen-bond acceptors (Lipinski definition) is 13. The lowest BCUT2D eigenvalue weighted by atomic mass is 9.96. The monoisotopic (exact) mass is 1450 g/mol. The van der Waals surface area contributed by atoms with Crippen LogP contribution in [-0.4, -0.2) is 138 Å². The van der Waals surface area contributed by atoms with Gasteiger partial charge in [0.05, 0.1) is 41.4 Å². The van der Waals surface area contributed by atoms with E-state index < -0.39 is 16.8 Å². The molecule has 4 aliphatic heterocycles. The Labute approximate surface area is 624 Å². The van der Waals surface area contributed by atoms with Crippen LogP contribution in [0.3, 0.4) is 0 Å². The van der Waals surface area contributed by atoms with Crippen LogP contribution in [0.5, 0.6) is 0 Å². The minimum Gasteiger partial charge on any atom is -0.384 e. The second-order valence-electron chi connectivity index (χ2n) is 30.7. The summed E-state index contributed by atoms with van der Waals surface area (Å²) in [5.74, 6) is 0.350. The van der Waals surface area contributed by atoms with Crippen LogP contribution in [0.2, 0.25) is 10.0 Å². The molecule has 105 heavy (non-hydrogen) atoms. The summed E-state index contributed by atoms with van der Waals surface area (Å²) in [6.07, 6.45) is 16.1. The van der Waals surface area contributed by atoms with E-state index in [-0.39, 0.29) is 5.56 Å². The molecule has 0 bridgehead atoms. The van der Waals surface area contributed by atoms with Crippen LogP contribution in [0.25, 0.3) is 54.6 Å². The third-order valence-electron chi connectivity index (χ3n) is 22.1. The predicted octanol–water partition coefficient (Wildman–Crippen LogP) is 14.1. The number of halogens is 2. The molecule has 0 radical (unpaired) electrons. The van der Waals surface area contributed by atoms with Crippen LogP contribution in [-0.2, 0) is 94.8 Å². The van der Waals surface area contributed by atoms with Crippen molar-refractivity contribution in [2.24, 2.45) is 0 Å². The highest BCUT2D eigenvalue weighted by molar-refractivity contribution is 6.40. The van der Waals surface area contributed by atoms with Crippen molar-refractivity contribution < 1.29 is 15.3 Å². The Morgan fingerprint density at radius 1 is 0.495 bits per heavy atom. The van der Waals surface area contributed by atoms with E-state index in [9.17, 15) is 20.1 Å². The summed E-state index contributed by atoms with van der Waals surface area (Å²) in [4.78, 5) is 36.7. The van der Waals surface area contributed by atoms with Crippen LogP contribution in [0, 0.1) is 20.8 Å². The summed E-state index contributed by atoms with van der Waals surface area (Å²) in [6, 6.07) is 38.7. The van der Waals surface area contributed by atoms with Gasteiger partial charge in [-0.2, -0.15) is 10.2 Å². The first-order valence-electron chi connectivity index (χ1n) is 36.6. The zero-order chi connectivity index (χ0) is 73.8. The molecular weight excluding hydrogens is 1350 g/mol. The zero-order valence-corrected chi connectivity index (χ0v) is 63.7. The maximum atomic E-state index is 11.7. The lowest BCUT2D eigenvalue weighted by molar-refractivity contribution is 0.0376. The highest BCUT2D eigenvalue weighted by Crippen LogP contribution is 2.42. The van der Waals surface area contributed by atoms with Crippen LogP contribution in [0.15, 0.2) is 163 Å². The summed E-state index contributed by atoms with van der Waals surface area (Å²) in [5, 5.41) is 49.1. The number of fused-ring (bicyclic) bond motifs is 13. The Hall–Kier alpha value is -8.92. The summed E-state index contributed by atoms with van der Waals surface area (Å²) in [5.41, 5.74) is 20.1. The van der Waals surface area contributed by atoms with E-state index in [0.717, 1.165) is 128 Å². The van der Waals surface area contributed by atoms with Gasteiger partial charge < -0.3 is 58.2 Å². The molecule has 0 amide bonds. The van der Waals surface area contributed by atoms with Crippen molar-refractivity contribution >= 4 is 77.8 Å². The van der Waals surface area contributed by atoms with Gasteiger partial charge in [0.15, 0.2) is 5.65 Å². The lowest BCUT2D eigenvalue weighted by Crippen LogP contribution is -2.32. The maximum Gasteiger partial charge on any atom is 0.248 e. The van der Waals surface area contributed by atoms with Crippen LogP contribution < -0.4 is 5.56 Å². The molecule has 0 aliphatic carbocycles. The maximum absolute atomic E-state index is 11.7. The minimum absolute atomic E-state index is 0.195. The van der Waals surface area contributed by atoms with E-state index in [1.54, 1.807) is 44.0 Å². The van der Waals surface area contributed by atoms with Crippen molar-refractivity contribution in [2.45, 2.75) is 149 Å². The van der Waals surface area contributed by atoms with Gasteiger partial charge in [0, 0.05) is 211 Å². The smallest absolute Gasteiger partial charge is 0.248 e. The van der Waals surface area contributed by atoms with Gasteiger partial charge in [0.1, 0.15) is 16.8 Å². The van der Waals surface area contributed by atoms with Gasteiger partial charge in [-0.05, 0) is 188 Å². The molecule has 0 saturated heterocycles. The molecule has 4 aliphatic rings. The van der Waals surface area contributed by atoms with Gasteiger partial charge in [-0.25, -0.2) is 9.97 Å². The number of nitrogens with one attached hydrogen (secondary N) is 1. The predicted molar refractivity (Wildman–Crippen MR) is 422 cm³/mol. The van der Waals surface area contributed by atoms with Crippen molar-refractivity contribution in [1.82, 2.24) is 68.0 Å². The first-order chi connectivity index (χ1) is 50.3. The number of aromatic amines is 1. The topological polar surface area (TPSA) is 191 Å². The van der Waals surface area contributed by atoms with Crippen LogP contribution in [0.1, 0.15) is 118 Å². The average Bonchev–Trinajstić information content (AvgIpc) is 1.62. The highest BCUT2D eigenvalue weighted by Gasteiger charge is 2.34. The van der Waals surface area contributed by atoms with Crippen molar-refractivity contribution in [1.29, 1.82) is 0 Å². The molecule has 17 rings (SSSR count). The molecule has 20 heteroatoms. The molecule has 0 fully saturated rings. The minimum atomic E-state index is -1.12. The summed E-state index contributed by atoms with van der Waals surface area (Å²) in [7, 11) is 8.64. The number of H-pyrrole nitrogens is 1. The fourth-order valence-corrected chi connectivity index (χ4v) is 16.9. The van der Waals surface area contributed by atoms with Gasteiger partial charge >= 0.3 is 0 Å². The average molecular weight is 1450 g/mol. The number of pyridine rings is 4. The molecule has 0 saturated carbocycles. The van der Waals surface area contributed by atoms with E-state index in [2.05, 4.69) is 185 Å². The Bertz CT molecular complexity index is 5420. The molecule has 544 valence electrons. The molecule has 4 aromatic carbocycles. The van der Waals surface area contributed by atoms with E-state index in [1.807, 2.05) is 68.7 Å². The van der Waals surface area contributed by atoms with Gasteiger partial charge in [0.2, 0.25) is 5.56 Å². The van der Waals surface area contributed by atoms with E-state index in [1.165, 1.54) is 101 Å². The SMILES string of the molecule is CC(Cn1c2c(c3c(Cl)ccc(Cl)c31)CN(C)CC2)c1cccnc1.Cc1ccc2c(c1)c1c(n2CC(C)(O)c2cc[nH]c(=O)c2)CCN(C)C1.Cc1ccc2c(c1)c1c(n2CC(C)(O)c2ccnnc2)CCN(C)C1.Cc1ccc2c(c1)c1c(n2CC(C)(O)c2cnc3ncccc3c2)CCN(C)C1.